The highest BCUT2D eigenvalue weighted by molar-refractivity contribution is 6.30. The Morgan fingerprint density at radius 1 is 1.03 bits per heavy atom. The van der Waals surface area contributed by atoms with E-state index in [1.165, 1.54) is 12.1 Å². The molecule has 1 aliphatic heterocycles. The summed E-state index contributed by atoms with van der Waals surface area (Å²) in [5, 5.41) is 0.629. The number of alkyl halides is 3. The molecule has 148 valence electrons. The van der Waals surface area contributed by atoms with Gasteiger partial charge in [0.1, 0.15) is 0 Å². The van der Waals surface area contributed by atoms with Crippen LogP contribution in [0, 0.1) is 0 Å². The van der Waals surface area contributed by atoms with Gasteiger partial charge in [-0.25, -0.2) is 9.97 Å². The number of hydrogen-bond donors (Lipinski definition) is 0. The lowest BCUT2D eigenvalue weighted by Crippen LogP contribution is -2.36. The quantitative estimate of drug-likeness (QED) is 0.588. The van der Waals surface area contributed by atoms with Gasteiger partial charge in [0.15, 0.2) is 5.82 Å². The fourth-order valence-corrected chi connectivity index (χ4v) is 3.34. The van der Waals surface area contributed by atoms with Gasteiger partial charge >= 0.3 is 6.18 Å². The van der Waals surface area contributed by atoms with Gasteiger partial charge in [0.2, 0.25) is 0 Å². The van der Waals surface area contributed by atoms with E-state index in [0.717, 1.165) is 29.0 Å². The van der Waals surface area contributed by atoms with Crippen molar-refractivity contribution in [1.29, 1.82) is 0 Å². The van der Waals surface area contributed by atoms with Crippen molar-refractivity contribution < 1.29 is 18.0 Å². The summed E-state index contributed by atoms with van der Waals surface area (Å²) in [5.74, 6) is 0.272. The van der Waals surface area contributed by atoms with Crippen molar-refractivity contribution >= 4 is 17.5 Å². The molecule has 1 aromatic heterocycles. The third-order valence-electron chi connectivity index (χ3n) is 4.78. The maximum Gasteiger partial charge on any atom is 0.416 e. The summed E-state index contributed by atoms with van der Waals surface area (Å²) in [5.41, 5.74) is 1.98. The zero-order valence-corrected chi connectivity index (χ0v) is 15.8. The number of amides is 1. The average Bonchev–Trinajstić information content (AvgIpc) is 2.72. The minimum atomic E-state index is -4.43. The maximum atomic E-state index is 12.7. The Bertz CT molecular complexity index is 1050. The fourth-order valence-electron chi connectivity index (χ4n) is 3.21. The second kappa shape index (κ2) is 7.48. The second-order valence-corrected chi connectivity index (χ2v) is 7.16. The van der Waals surface area contributed by atoms with Gasteiger partial charge in [0.25, 0.3) is 5.91 Å². The van der Waals surface area contributed by atoms with Crippen LogP contribution in [0.15, 0.2) is 54.7 Å². The summed E-state index contributed by atoms with van der Waals surface area (Å²) in [6.45, 7) is 0.750. The van der Waals surface area contributed by atoms with Crippen molar-refractivity contribution in [1.82, 2.24) is 14.9 Å². The second-order valence-electron chi connectivity index (χ2n) is 6.72. The van der Waals surface area contributed by atoms with E-state index in [2.05, 4.69) is 9.97 Å². The number of carbonyl (C=O) groups excluding carboxylic acids is 1. The van der Waals surface area contributed by atoms with Crippen molar-refractivity contribution in [3.8, 4) is 11.4 Å². The van der Waals surface area contributed by atoms with E-state index in [-0.39, 0.29) is 11.5 Å². The van der Waals surface area contributed by atoms with Crippen molar-refractivity contribution in [3.63, 3.8) is 0 Å². The Labute approximate surface area is 170 Å². The highest BCUT2D eigenvalue weighted by Gasteiger charge is 2.31. The van der Waals surface area contributed by atoms with Gasteiger partial charge in [-0.05, 0) is 48.5 Å². The minimum absolute atomic E-state index is 0.222. The Kier molecular flexibility index (Phi) is 5.00. The smallest absolute Gasteiger partial charge is 0.334 e. The van der Waals surface area contributed by atoms with E-state index in [1.54, 1.807) is 23.2 Å². The minimum Gasteiger partial charge on any atom is -0.334 e. The van der Waals surface area contributed by atoms with E-state index in [0.29, 0.717) is 30.4 Å². The molecule has 4 nitrogen and oxygen atoms in total. The lowest BCUT2D eigenvalue weighted by Gasteiger charge is -2.28. The van der Waals surface area contributed by atoms with Crippen LogP contribution in [-0.4, -0.2) is 27.3 Å². The molecule has 1 amide bonds. The average molecular weight is 418 g/mol. The van der Waals surface area contributed by atoms with Crippen LogP contribution in [0.3, 0.4) is 0 Å². The first-order valence-corrected chi connectivity index (χ1v) is 9.26. The number of hydrogen-bond acceptors (Lipinski definition) is 3. The van der Waals surface area contributed by atoms with Crippen molar-refractivity contribution in [2.75, 3.05) is 6.54 Å². The SMILES string of the molecule is O=C(c1ccc(C(F)(F)F)cc1)N1CCc2nc(-c3ccc(Cl)cc3)ncc2C1. The van der Waals surface area contributed by atoms with E-state index < -0.39 is 11.7 Å². The van der Waals surface area contributed by atoms with Crippen LogP contribution in [0.1, 0.15) is 27.2 Å². The number of fused-ring (bicyclic) bond motifs is 1. The van der Waals surface area contributed by atoms with Gasteiger partial charge in [-0.15, -0.1) is 0 Å². The largest absolute Gasteiger partial charge is 0.416 e. The van der Waals surface area contributed by atoms with E-state index in [4.69, 9.17) is 11.6 Å². The first-order valence-electron chi connectivity index (χ1n) is 8.88. The number of rotatable bonds is 2. The lowest BCUT2D eigenvalue weighted by molar-refractivity contribution is -0.137. The zero-order valence-electron chi connectivity index (χ0n) is 15.1. The molecule has 0 aliphatic carbocycles. The summed E-state index contributed by atoms with van der Waals surface area (Å²) in [6.07, 6.45) is -2.19. The maximum absolute atomic E-state index is 12.7. The standard InChI is InChI=1S/C21H15ClF3N3O/c22-17-7-3-13(4-8-17)19-26-11-15-12-28(10-9-18(15)27-19)20(29)14-1-5-16(6-2-14)21(23,24)25/h1-8,11H,9-10,12H2. The Morgan fingerprint density at radius 2 is 1.72 bits per heavy atom. The van der Waals surface area contributed by atoms with Gasteiger partial charge in [-0.3, -0.25) is 4.79 Å². The van der Waals surface area contributed by atoms with Gasteiger partial charge in [-0.1, -0.05) is 11.6 Å². The molecule has 4 rings (SSSR count). The Morgan fingerprint density at radius 3 is 2.38 bits per heavy atom. The van der Waals surface area contributed by atoms with E-state index >= 15 is 0 Å². The molecule has 0 saturated carbocycles. The number of nitrogens with zero attached hydrogens (tertiary/aromatic N) is 3. The number of aromatic nitrogens is 2. The number of carbonyl (C=O) groups is 1. The van der Waals surface area contributed by atoms with E-state index in [1.807, 2.05) is 12.1 Å². The van der Waals surface area contributed by atoms with Crippen LogP contribution in [0.25, 0.3) is 11.4 Å². The van der Waals surface area contributed by atoms with Crippen LogP contribution in [-0.2, 0) is 19.1 Å². The third-order valence-corrected chi connectivity index (χ3v) is 5.03. The van der Waals surface area contributed by atoms with Crippen LogP contribution in [0.4, 0.5) is 13.2 Å². The van der Waals surface area contributed by atoms with Crippen molar-refractivity contribution in [2.24, 2.45) is 0 Å². The highest BCUT2D eigenvalue weighted by Crippen LogP contribution is 2.29. The molecule has 3 aromatic rings. The van der Waals surface area contributed by atoms with Gasteiger partial charge in [0.05, 0.1) is 11.3 Å². The summed E-state index contributed by atoms with van der Waals surface area (Å²) in [6, 6.07) is 11.5. The zero-order chi connectivity index (χ0) is 20.6. The van der Waals surface area contributed by atoms with Crippen LogP contribution < -0.4 is 0 Å². The third kappa shape index (κ3) is 4.10. The Hall–Kier alpha value is -2.93. The molecule has 2 aromatic carbocycles. The molecular weight excluding hydrogens is 403 g/mol. The lowest BCUT2D eigenvalue weighted by atomic mass is 10.0. The van der Waals surface area contributed by atoms with Crippen LogP contribution in [0.2, 0.25) is 5.02 Å². The molecule has 1 aliphatic rings. The molecule has 0 unspecified atom stereocenters. The van der Waals surface area contributed by atoms with Crippen molar-refractivity contribution in [3.05, 3.63) is 82.1 Å². The first-order chi connectivity index (χ1) is 13.8. The summed E-state index contributed by atoms with van der Waals surface area (Å²) >= 11 is 5.91. The van der Waals surface area contributed by atoms with Crippen LogP contribution in [0.5, 0.6) is 0 Å². The van der Waals surface area contributed by atoms with Crippen LogP contribution >= 0.6 is 11.6 Å². The highest BCUT2D eigenvalue weighted by atomic mass is 35.5. The first kappa shape index (κ1) is 19.4. The van der Waals surface area contributed by atoms with Gasteiger partial charge < -0.3 is 4.90 Å². The number of benzene rings is 2. The predicted octanol–water partition coefficient (Wildman–Crippen LogP) is 5.01. The molecule has 2 heterocycles. The summed E-state index contributed by atoms with van der Waals surface area (Å²) in [4.78, 5) is 23.3. The molecular formula is C21H15ClF3N3O. The normalized spacial score (nSPS) is 13.9. The van der Waals surface area contributed by atoms with Crippen molar-refractivity contribution in [2.45, 2.75) is 19.1 Å². The molecule has 8 heteroatoms. The molecule has 0 bridgehead atoms. The molecule has 0 N–H and O–H groups in total. The predicted molar refractivity (Wildman–Crippen MR) is 102 cm³/mol. The molecule has 0 radical (unpaired) electrons. The topological polar surface area (TPSA) is 46.1 Å². The molecule has 0 atom stereocenters. The van der Waals surface area contributed by atoms with E-state index in [9.17, 15) is 18.0 Å². The summed E-state index contributed by atoms with van der Waals surface area (Å²) in [7, 11) is 0. The monoisotopic (exact) mass is 417 g/mol. The fraction of sp³-hybridized carbons (Fsp3) is 0.190. The Balaban J connectivity index is 1.51. The molecule has 0 fully saturated rings. The van der Waals surface area contributed by atoms with Gasteiger partial charge in [0, 0.05) is 47.4 Å². The van der Waals surface area contributed by atoms with Gasteiger partial charge in [-0.2, -0.15) is 13.2 Å². The molecule has 29 heavy (non-hydrogen) atoms. The number of halogens is 4. The molecule has 0 saturated heterocycles. The summed E-state index contributed by atoms with van der Waals surface area (Å²) < 4.78 is 38.1. The molecule has 0 spiro atoms.